The molecule has 5 heteroatoms. The number of carbonyl (C=O) groups excluding carboxylic acids is 1. The van der Waals surface area contributed by atoms with Crippen molar-refractivity contribution in [3.63, 3.8) is 0 Å². The van der Waals surface area contributed by atoms with Gasteiger partial charge in [-0.15, -0.1) is 0 Å². The van der Waals surface area contributed by atoms with Gasteiger partial charge in [-0.3, -0.25) is 4.79 Å². The molecule has 4 aliphatic rings. The number of ether oxygens (including phenoxy) is 1. The van der Waals surface area contributed by atoms with Crippen LogP contribution in [0.15, 0.2) is 0 Å². The van der Waals surface area contributed by atoms with Gasteiger partial charge in [-0.1, -0.05) is 20.8 Å². The molecule has 198 valence electrons. The van der Waals surface area contributed by atoms with Crippen molar-refractivity contribution in [2.45, 2.75) is 97.4 Å². The highest BCUT2D eigenvalue weighted by Crippen LogP contribution is 2.68. The van der Waals surface area contributed by atoms with Gasteiger partial charge in [-0.2, -0.15) is 0 Å². The van der Waals surface area contributed by atoms with Gasteiger partial charge in [0.05, 0.1) is 7.11 Å². The number of methoxy groups -OCH3 is 1. The molecule has 0 aromatic heterocycles. The van der Waals surface area contributed by atoms with E-state index in [1.54, 1.807) is 0 Å². The Bertz CT molecular complexity index is 684. The molecule has 4 fully saturated rings. The van der Waals surface area contributed by atoms with Crippen molar-refractivity contribution in [3.8, 4) is 0 Å². The summed E-state index contributed by atoms with van der Waals surface area (Å²) in [5.74, 6) is 5.10. The number of esters is 1. The number of hydrogen-bond acceptors (Lipinski definition) is 4. The molecule has 34 heavy (non-hydrogen) atoms. The number of carbonyl (C=O) groups is 1. The van der Waals surface area contributed by atoms with E-state index in [4.69, 9.17) is 4.74 Å². The van der Waals surface area contributed by atoms with E-state index in [1.807, 2.05) is 0 Å². The van der Waals surface area contributed by atoms with Crippen molar-refractivity contribution in [2.75, 3.05) is 34.3 Å². The molecule has 4 rings (SSSR count). The Hall–Kier alpha value is -0.650. The van der Waals surface area contributed by atoms with Crippen LogP contribution in [0.4, 0.5) is 0 Å². The minimum absolute atomic E-state index is 0. The summed E-state index contributed by atoms with van der Waals surface area (Å²) < 4.78 is 4.92. The second kappa shape index (κ2) is 11.2. The van der Waals surface area contributed by atoms with Gasteiger partial charge in [0.25, 0.3) is 0 Å². The van der Waals surface area contributed by atoms with Gasteiger partial charge in [0.1, 0.15) is 0 Å². The molecule has 0 heterocycles. The lowest BCUT2D eigenvalue weighted by molar-refractivity contribution is -0.141. The average molecular weight is 479 g/mol. The maximum absolute atomic E-state index is 11.7. The molecule has 0 saturated heterocycles. The topological polar surface area (TPSA) is 73.1 Å². The molecule has 4 aliphatic carbocycles. The maximum atomic E-state index is 11.7. The Kier molecular flexibility index (Phi) is 9.18. The van der Waals surface area contributed by atoms with E-state index in [9.17, 15) is 4.79 Å². The predicted octanol–water partition coefficient (Wildman–Crippen LogP) is 4.93. The van der Waals surface area contributed by atoms with Crippen molar-refractivity contribution in [1.29, 1.82) is 0 Å². The summed E-state index contributed by atoms with van der Waals surface area (Å²) in [5, 5.41) is 3.89. The second-order valence-electron chi connectivity index (χ2n) is 13.2. The largest absolute Gasteiger partial charge is 0.469 e. The molecule has 0 radical (unpaired) electrons. The Labute approximate surface area is 209 Å². The monoisotopic (exact) mass is 478 g/mol. The highest BCUT2D eigenvalue weighted by Gasteiger charge is 2.60. The van der Waals surface area contributed by atoms with Crippen LogP contribution in [0.1, 0.15) is 91.4 Å². The molecular weight excluding hydrogens is 424 g/mol. The molecular formula is C29H54N2O3. The first-order chi connectivity index (χ1) is 15.7. The van der Waals surface area contributed by atoms with E-state index in [1.165, 1.54) is 64.9 Å². The number of fused-ring (bicyclic) bond motifs is 5. The third-order valence-electron chi connectivity index (χ3n) is 11.4. The van der Waals surface area contributed by atoms with Crippen molar-refractivity contribution in [3.05, 3.63) is 0 Å². The molecule has 0 bridgehead atoms. The van der Waals surface area contributed by atoms with Crippen molar-refractivity contribution in [2.24, 2.45) is 46.3 Å². The van der Waals surface area contributed by atoms with E-state index in [0.717, 1.165) is 55.1 Å². The summed E-state index contributed by atoms with van der Waals surface area (Å²) in [4.78, 5) is 14.0. The van der Waals surface area contributed by atoms with Gasteiger partial charge in [-0.25, -0.2) is 0 Å². The first-order valence-corrected chi connectivity index (χ1v) is 14.1. The molecule has 0 aliphatic heterocycles. The van der Waals surface area contributed by atoms with Crippen LogP contribution in [0, 0.1) is 46.3 Å². The highest BCUT2D eigenvalue weighted by molar-refractivity contribution is 5.69. The first kappa shape index (κ1) is 27.9. The van der Waals surface area contributed by atoms with Crippen molar-refractivity contribution in [1.82, 2.24) is 10.2 Å². The standard InChI is InChI=1S/C29H52N2O2.H2O/c1-20(7-12-27(32)33-6)24-10-11-25-23-9-8-21-19-22(30-17-18-31(4)5)13-15-28(21,2)26(23)14-16-29(24,25)3;/h20-26,30H,7-19H2,1-6H3;1H2/t20-,21+,22?,23?,24?,25?,26?,28?,29?;/m1./s1. The minimum atomic E-state index is -0.0386. The van der Waals surface area contributed by atoms with Gasteiger partial charge in [0.15, 0.2) is 0 Å². The molecule has 0 amide bonds. The van der Waals surface area contributed by atoms with E-state index >= 15 is 0 Å². The lowest BCUT2D eigenvalue weighted by atomic mass is 9.44. The van der Waals surface area contributed by atoms with Crippen LogP contribution in [0.3, 0.4) is 0 Å². The number of nitrogens with one attached hydrogen (secondary N) is 1. The normalized spacial score (nSPS) is 42.2. The SMILES string of the molecule is COC(=O)CC[C@@H](C)C1CCC2C3CC[C@H]4CC(NCCN(C)C)CCC4(C)C3CCC21C.O. The van der Waals surface area contributed by atoms with E-state index in [2.05, 4.69) is 45.1 Å². The van der Waals surface area contributed by atoms with Crippen LogP contribution in [0.2, 0.25) is 0 Å². The zero-order chi connectivity index (χ0) is 23.8. The predicted molar refractivity (Wildman–Crippen MR) is 140 cm³/mol. The molecule has 3 N–H and O–H groups in total. The quantitative estimate of drug-likeness (QED) is 0.502. The lowest BCUT2D eigenvalue weighted by Gasteiger charge is -2.61. The van der Waals surface area contributed by atoms with Crippen LogP contribution in [0.5, 0.6) is 0 Å². The first-order valence-electron chi connectivity index (χ1n) is 14.1. The van der Waals surface area contributed by atoms with Gasteiger partial charge >= 0.3 is 5.97 Å². The molecule has 7 unspecified atom stereocenters. The molecule has 4 saturated carbocycles. The molecule has 0 aromatic rings. The van der Waals surface area contributed by atoms with Crippen LogP contribution >= 0.6 is 0 Å². The van der Waals surface area contributed by atoms with Crippen molar-refractivity contribution < 1.29 is 15.0 Å². The zero-order valence-electron chi connectivity index (χ0n) is 23.0. The Morgan fingerprint density at radius 1 is 1.03 bits per heavy atom. The minimum Gasteiger partial charge on any atom is -0.469 e. The summed E-state index contributed by atoms with van der Waals surface area (Å²) in [6.45, 7) is 10.0. The van der Waals surface area contributed by atoms with Crippen LogP contribution in [-0.2, 0) is 9.53 Å². The van der Waals surface area contributed by atoms with Crippen molar-refractivity contribution >= 4 is 5.97 Å². The highest BCUT2D eigenvalue weighted by atomic mass is 16.5. The van der Waals surface area contributed by atoms with E-state index in [0.29, 0.717) is 23.2 Å². The molecule has 9 atom stereocenters. The average Bonchev–Trinajstić information content (AvgIpc) is 3.14. The molecule has 0 spiro atoms. The van der Waals surface area contributed by atoms with Crippen LogP contribution in [-0.4, -0.2) is 56.7 Å². The third kappa shape index (κ3) is 5.22. The lowest BCUT2D eigenvalue weighted by Crippen LogP contribution is -2.55. The molecule has 5 nitrogen and oxygen atoms in total. The fourth-order valence-corrected chi connectivity index (χ4v) is 9.56. The van der Waals surface area contributed by atoms with Gasteiger partial charge in [0.2, 0.25) is 0 Å². The molecule has 0 aromatic carbocycles. The number of nitrogens with zero attached hydrogens (tertiary/aromatic N) is 1. The fraction of sp³-hybridized carbons (Fsp3) is 0.966. The van der Waals surface area contributed by atoms with Gasteiger partial charge in [0, 0.05) is 25.6 Å². The van der Waals surface area contributed by atoms with Gasteiger partial charge in [-0.05, 0) is 125 Å². The third-order valence-corrected chi connectivity index (χ3v) is 11.4. The summed E-state index contributed by atoms with van der Waals surface area (Å²) >= 11 is 0. The Morgan fingerprint density at radius 3 is 2.44 bits per heavy atom. The van der Waals surface area contributed by atoms with Gasteiger partial charge < -0.3 is 20.4 Å². The summed E-state index contributed by atoms with van der Waals surface area (Å²) in [7, 11) is 5.86. The summed E-state index contributed by atoms with van der Waals surface area (Å²) in [6.07, 6.45) is 14.4. The van der Waals surface area contributed by atoms with Crippen LogP contribution in [0.25, 0.3) is 0 Å². The fourth-order valence-electron chi connectivity index (χ4n) is 9.56. The smallest absolute Gasteiger partial charge is 0.305 e. The zero-order valence-corrected chi connectivity index (χ0v) is 23.0. The second-order valence-corrected chi connectivity index (χ2v) is 13.2. The Balaban J connectivity index is 0.00000324. The number of likely N-dealkylation sites (N-methyl/N-ethyl adjacent to an activating group) is 1. The van der Waals surface area contributed by atoms with E-state index in [-0.39, 0.29) is 11.4 Å². The number of rotatable bonds is 8. The van der Waals surface area contributed by atoms with E-state index < -0.39 is 0 Å². The Morgan fingerprint density at radius 2 is 1.74 bits per heavy atom. The summed E-state index contributed by atoms with van der Waals surface area (Å²) in [5.41, 5.74) is 1.06. The number of hydrogen-bond donors (Lipinski definition) is 1. The maximum Gasteiger partial charge on any atom is 0.305 e. The summed E-state index contributed by atoms with van der Waals surface area (Å²) in [6, 6.07) is 0.736. The van der Waals surface area contributed by atoms with Crippen LogP contribution < -0.4 is 5.32 Å².